The van der Waals surface area contributed by atoms with Gasteiger partial charge in [0.05, 0.1) is 22.6 Å². The molecule has 0 fully saturated rings. The zero-order chi connectivity index (χ0) is 13.7. The summed E-state index contributed by atoms with van der Waals surface area (Å²) >= 11 is 0. The second-order valence-electron chi connectivity index (χ2n) is 3.93. The van der Waals surface area contributed by atoms with Crippen molar-refractivity contribution in [3.63, 3.8) is 0 Å². The van der Waals surface area contributed by atoms with E-state index in [2.05, 4.69) is 5.32 Å². The summed E-state index contributed by atoms with van der Waals surface area (Å²) in [4.78, 5) is 13.3. The number of nitrogens with one attached hydrogen (secondary N) is 1. The van der Waals surface area contributed by atoms with Gasteiger partial charge in [-0.1, -0.05) is 0 Å². The van der Waals surface area contributed by atoms with Crippen molar-refractivity contribution in [2.45, 2.75) is 20.8 Å². The van der Waals surface area contributed by atoms with Gasteiger partial charge in [-0.3, -0.25) is 0 Å². The monoisotopic (exact) mass is 251 g/mol. The van der Waals surface area contributed by atoms with E-state index in [-0.39, 0.29) is 5.56 Å². The Kier molecular flexibility index (Phi) is 4.83. The Hall–Kier alpha value is -1.91. The number of rotatable bonds is 6. The summed E-state index contributed by atoms with van der Waals surface area (Å²) in [5.74, 6) is -0.934. The van der Waals surface area contributed by atoms with Crippen LogP contribution in [-0.2, 0) is 0 Å². The Morgan fingerprint density at radius 3 is 2.39 bits per heavy atom. The number of nitrogen functional groups attached to an aromatic ring is 1. The van der Waals surface area contributed by atoms with E-state index in [1.54, 1.807) is 12.1 Å². The topological polar surface area (TPSA) is 78.6 Å². The highest BCUT2D eigenvalue weighted by atomic mass is 16.4. The summed E-state index contributed by atoms with van der Waals surface area (Å²) < 4.78 is 0. The molecule has 0 heterocycles. The summed E-state index contributed by atoms with van der Waals surface area (Å²) in [5.41, 5.74) is 8.18. The lowest BCUT2D eigenvalue weighted by Gasteiger charge is -2.27. The molecule has 0 aliphatic heterocycles. The van der Waals surface area contributed by atoms with Gasteiger partial charge in [0.2, 0.25) is 0 Å². The van der Waals surface area contributed by atoms with E-state index in [9.17, 15) is 9.90 Å². The number of anilines is 3. The third-order valence-electron chi connectivity index (χ3n) is 2.87. The van der Waals surface area contributed by atoms with E-state index in [0.29, 0.717) is 23.6 Å². The van der Waals surface area contributed by atoms with Crippen LogP contribution in [0, 0.1) is 0 Å². The van der Waals surface area contributed by atoms with Crippen molar-refractivity contribution in [1.82, 2.24) is 0 Å². The summed E-state index contributed by atoms with van der Waals surface area (Å²) in [6, 6.07) is 3.20. The van der Waals surface area contributed by atoms with Gasteiger partial charge in [0.1, 0.15) is 0 Å². The largest absolute Gasteiger partial charge is 0.478 e. The minimum Gasteiger partial charge on any atom is -0.478 e. The molecule has 5 nitrogen and oxygen atoms in total. The number of carbonyl (C=O) groups is 1. The molecule has 0 aliphatic rings. The van der Waals surface area contributed by atoms with Crippen molar-refractivity contribution < 1.29 is 9.90 Å². The summed E-state index contributed by atoms with van der Waals surface area (Å²) in [6.07, 6.45) is 0. The van der Waals surface area contributed by atoms with Crippen LogP contribution < -0.4 is 16.0 Å². The van der Waals surface area contributed by atoms with Crippen LogP contribution in [-0.4, -0.2) is 30.7 Å². The predicted molar refractivity (Wildman–Crippen MR) is 75.5 cm³/mol. The van der Waals surface area contributed by atoms with E-state index >= 15 is 0 Å². The number of nitrogens with zero attached hydrogens (tertiary/aromatic N) is 1. The molecule has 4 N–H and O–H groups in total. The second-order valence-corrected chi connectivity index (χ2v) is 3.93. The number of nitrogens with two attached hydrogens (primary N) is 1. The third-order valence-corrected chi connectivity index (χ3v) is 2.87. The van der Waals surface area contributed by atoms with Gasteiger partial charge < -0.3 is 21.1 Å². The fraction of sp³-hybridized carbons (Fsp3) is 0.462. The maximum absolute atomic E-state index is 11.3. The number of hydrogen-bond acceptors (Lipinski definition) is 4. The highest BCUT2D eigenvalue weighted by molar-refractivity contribution is 6.01. The van der Waals surface area contributed by atoms with E-state index in [1.807, 2.05) is 25.7 Å². The first-order valence-electron chi connectivity index (χ1n) is 6.21. The van der Waals surface area contributed by atoms with Crippen molar-refractivity contribution in [1.29, 1.82) is 0 Å². The smallest absolute Gasteiger partial charge is 0.337 e. The molecule has 0 unspecified atom stereocenters. The van der Waals surface area contributed by atoms with Crippen LogP contribution in [0.3, 0.4) is 0 Å². The first-order chi connectivity index (χ1) is 8.56. The molecular formula is C13H21N3O2. The van der Waals surface area contributed by atoms with Gasteiger partial charge in [-0.25, -0.2) is 4.79 Å². The van der Waals surface area contributed by atoms with Crippen LogP contribution in [0.15, 0.2) is 12.1 Å². The molecule has 0 saturated carbocycles. The van der Waals surface area contributed by atoms with E-state index in [4.69, 9.17) is 5.73 Å². The summed E-state index contributed by atoms with van der Waals surface area (Å²) in [7, 11) is 0. The van der Waals surface area contributed by atoms with Crippen LogP contribution in [0.25, 0.3) is 0 Å². The SMILES string of the molecule is CCNc1c(N)ccc(C(=O)O)c1N(CC)CC. The van der Waals surface area contributed by atoms with Gasteiger partial charge in [-0.05, 0) is 32.9 Å². The van der Waals surface area contributed by atoms with Crippen molar-refractivity contribution in [3.05, 3.63) is 17.7 Å². The Morgan fingerprint density at radius 1 is 1.33 bits per heavy atom. The average molecular weight is 251 g/mol. The molecule has 0 saturated heterocycles. The van der Waals surface area contributed by atoms with Gasteiger partial charge in [0, 0.05) is 19.6 Å². The molecule has 0 spiro atoms. The molecule has 0 aliphatic carbocycles. The molecular weight excluding hydrogens is 230 g/mol. The van der Waals surface area contributed by atoms with Crippen molar-refractivity contribution in [3.8, 4) is 0 Å². The number of aromatic carboxylic acids is 1. The Bertz CT molecular complexity index is 428. The first kappa shape index (κ1) is 14.2. The minimum atomic E-state index is -0.934. The van der Waals surface area contributed by atoms with E-state index in [0.717, 1.165) is 13.1 Å². The summed E-state index contributed by atoms with van der Waals surface area (Å²) in [5, 5.41) is 12.5. The zero-order valence-corrected chi connectivity index (χ0v) is 11.2. The molecule has 1 rings (SSSR count). The molecule has 0 amide bonds. The fourth-order valence-corrected chi connectivity index (χ4v) is 2.01. The zero-order valence-electron chi connectivity index (χ0n) is 11.2. The lowest BCUT2D eigenvalue weighted by atomic mass is 10.1. The second kappa shape index (κ2) is 6.14. The van der Waals surface area contributed by atoms with Crippen LogP contribution in [0.5, 0.6) is 0 Å². The summed E-state index contributed by atoms with van der Waals surface area (Å²) in [6.45, 7) is 8.11. The normalized spacial score (nSPS) is 10.2. The Labute approximate surface area is 108 Å². The molecule has 100 valence electrons. The molecule has 0 atom stereocenters. The highest BCUT2D eigenvalue weighted by Crippen LogP contribution is 2.35. The third kappa shape index (κ3) is 2.67. The predicted octanol–water partition coefficient (Wildman–Crippen LogP) is 2.25. The van der Waals surface area contributed by atoms with Gasteiger partial charge in [-0.2, -0.15) is 0 Å². The lowest BCUT2D eigenvalue weighted by Crippen LogP contribution is -2.26. The van der Waals surface area contributed by atoms with E-state index in [1.165, 1.54) is 0 Å². The number of hydrogen-bond donors (Lipinski definition) is 3. The lowest BCUT2D eigenvalue weighted by molar-refractivity contribution is 0.0697. The Balaban J connectivity index is 3.46. The van der Waals surface area contributed by atoms with Crippen LogP contribution >= 0.6 is 0 Å². The molecule has 5 heteroatoms. The van der Waals surface area contributed by atoms with Crippen molar-refractivity contribution in [2.75, 3.05) is 35.6 Å². The number of benzene rings is 1. The van der Waals surface area contributed by atoms with Crippen LogP contribution in [0.1, 0.15) is 31.1 Å². The first-order valence-corrected chi connectivity index (χ1v) is 6.21. The number of carboxylic acids is 1. The molecule has 1 aromatic carbocycles. The quantitative estimate of drug-likeness (QED) is 0.676. The molecule has 0 aromatic heterocycles. The molecule has 0 radical (unpaired) electrons. The maximum atomic E-state index is 11.3. The van der Waals surface area contributed by atoms with Crippen molar-refractivity contribution in [2.24, 2.45) is 0 Å². The number of carboxylic acid groups (broad SMARTS) is 1. The van der Waals surface area contributed by atoms with E-state index < -0.39 is 5.97 Å². The standard InChI is InChI=1S/C13H21N3O2/c1-4-15-11-10(14)8-7-9(13(17)18)12(11)16(5-2)6-3/h7-8,15H,4-6,14H2,1-3H3,(H,17,18). The van der Waals surface area contributed by atoms with Crippen molar-refractivity contribution >= 4 is 23.0 Å². The fourth-order valence-electron chi connectivity index (χ4n) is 2.01. The molecule has 1 aromatic rings. The molecule has 18 heavy (non-hydrogen) atoms. The van der Waals surface area contributed by atoms with Gasteiger partial charge >= 0.3 is 5.97 Å². The van der Waals surface area contributed by atoms with Gasteiger partial charge in [0.15, 0.2) is 0 Å². The average Bonchev–Trinajstić information content (AvgIpc) is 2.34. The van der Waals surface area contributed by atoms with Gasteiger partial charge in [-0.15, -0.1) is 0 Å². The molecule has 0 bridgehead atoms. The minimum absolute atomic E-state index is 0.281. The highest BCUT2D eigenvalue weighted by Gasteiger charge is 2.20. The van der Waals surface area contributed by atoms with Crippen LogP contribution in [0.4, 0.5) is 17.1 Å². The maximum Gasteiger partial charge on any atom is 0.337 e. The van der Waals surface area contributed by atoms with Crippen LogP contribution in [0.2, 0.25) is 0 Å². The van der Waals surface area contributed by atoms with Gasteiger partial charge in [0.25, 0.3) is 0 Å². The Morgan fingerprint density at radius 2 is 1.94 bits per heavy atom.